The summed E-state index contributed by atoms with van der Waals surface area (Å²) >= 11 is 0. The molecule has 18 heteroatoms. The minimum absolute atomic E-state index is 0.0145. The zero-order valence-corrected chi connectivity index (χ0v) is 34.4. The molecule has 0 aliphatic heterocycles. The molecule has 1 N–H and O–H groups in total. The maximum atomic E-state index is 12.1. The van der Waals surface area contributed by atoms with Crippen molar-refractivity contribution in [2.24, 2.45) is 0 Å². The number of hydrogen-bond acceptors (Lipinski definition) is 15. The lowest BCUT2D eigenvalue weighted by molar-refractivity contribution is 0.0599. The third kappa shape index (κ3) is 7.34. The van der Waals surface area contributed by atoms with Gasteiger partial charge in [-0.1, -0.05) is 24.3 Å². The quantitative estimate of drug-likeness (QED) is 0.119. The Bertz CT molecular complexity index is 3060. The van der Waals surface area contributed by atoms with Gasteiger partial charge in [-0.25, -0.2) is 38.6 Å². The Morgan fingerprint density at radius 2 is 1.24 bits per heavy atom. The first-order valence-corrected chi connectivity index (χ1v) is 20.0. The number of carboxylic acid groups (broad SMARTS) is 1. The number of hydrogen-bond donors (Lipinski definition) is 1. The first-order valence-electron chi connectivity index (χ1n) is 20.0. The van der Waals surface area contributed by atoms with Gasteiger partial charge in [0, 0.05) is 35.9 Å². The van der Waals surface area contributed by atoms with Crippen molar-refractivity contribution in [1.82, 2.24) is 49.1 Å². The summed E-state index contributed by atoms with van der Waals surface area (Å²) in [7, 11) is 5.86. The van der Waals surface area contributed by atoms with Crippen LogP contribution >= 0.6 is 0 Å². The molecule has 0 spiro atoms. The van der Waals surface area contributed by atoms with Crippen LogP contribution < -0.4 is 18.9 Å². The average molecular weight is 847 g/mol. The molecule has 0 amide bonds. The zero-order chi connectivity index (χ0) is 43.4. The first kappa shape index (κ1) is 39.1. The van der Waals surface area contributed by atoms with Crippen LogP contribution in [0.15, 0.2) is 91.6 Å². The number of aromatic carboxylic acids is 1. The van der Waals surface area contributed by atoms with Gasteiger partial charge in [-0.3, -0.25) is 0 Å². The van der Waals surface area contributed by atoms with Gasteiger partial charge >= 0.3 is 24.0 Å². The molecule has 0 bridgehead atoms. The third-order valence-electron chi connectivity index (χ3n) is 11.5. The molecule has 4 atom stereocenters. The van der Waals surface area contributed by atoms with Crippen molar-refractivity contribution in [3.63, 3.8) is 0 Å². The number of ether oxygens (including phenoxy) is 5. The van der Waals surface area contributed by atoms with Gasteiger partial charge in [-0.15, -0.1) is 0 Å². The lowest BCUT2D eigenvalue weighted by Gasteiger charge is -2.12. The van der Waals surface area contributed by atoms with Gasteiger partial charge in [0.15, 0.2) is 11.3 Å². The molecule has 316 valence electrons. The Kier molecular flexibility index (Phi) is 9.80. The monoisotopic (exact) mass is 846 g/mol. The van der Waals surface area contributed by atoms with Crippen LogP contribution in [0.1, 0.15) is 85.2 Å². The highest BCUT2D eigenvalue weighted by molar-refractivity contribution is 5.89. The summed E-state index contributed by atoms with van der Waals surface area (Å²) in [5.41, 5.74) is 9.03. The van der Waals surface area contributed by atoms with Crippen molar-refractivity contribution in [1.29, 1.82) is 0 Å². The van der Waals surface area contributed by atoms with E-state index >= 15 is 0 Å². The summed E-state index contributed by atoms with van der Waals surface area (Å²) in [6.45, 7) is 0.0145. The van der Waals surface area contributed by atoms with E-state index in [0.29, 0.717) is 45.3 Å². The molecule has 2 aliphatic carbocycles. The summed E-state index contributed by atoms with van der Waals surface area (Å²) in [6, 6.07) is 18.8. The van der Waals surface area contributed by atoms with Gasteiger partial charge in [-0.05, 0) is 84.0 Å². The number of methoxy groups -OCH3 is 4. The van der Waals surface area contributed by atoms with Gasteiger partial charge < -0.3 is 28.8 Å². The summed E-state index contributed by atoms with van der Waals surface area (Å²) in [5.74, 6) is -0.223. The highest BCUT2D eigenvalue weighted by atomic mass is 16.5. The topological polar surface area (TPSA) is 212 Å². The molecule has 2 aliphatic rings. The largest absolute Gasteiger partial charge is 0.480 e. The minimum Gasteiger partial charge on any atom is -0.480 e. The predicted octanol–water partition coefficient (Wildman–Crippen LogP) is 6.32. The fourth-order valence-corrected chi connectivity index (χ4v) is 8.20. The molecule has 0 unspecified atom stereocenters. The number of fused-ring (bicyclic) bond motifs is 2. The van der Waals surface area contributed by atoms with E-state index in [2.05, 4.69) is 24.9 Å². The molecule has 10 rings (SSSR count). The van der Waals surface area contributed by atoms with E-state index in [1.54, 1.807) is 58.1 Å². The van der Waals surface area contributed by atoms with Crippen molar-refractivity contribution in [3.05, 3.63) is 131 Å². The Balaban J connectivity index is 0.979. The van der Waals surface area contributed by atoms with Crippen molar-refractivity contribution in [2.45, 2.75) is 43.1 Å². The van der Waals surface area contributed by atoms with E-state index in [9.17, 15) is 14.7 Å². The van der Waals surface area contributed by atoms with Crippen LogP contribution in [0.4, 0.5) is 0 Å². The van der Waals surface area contributed by atoms with Crippen LogP contribution in [-0.4, -0.2) is 94.6 Å². The number of carboxylic acids is 1. The Labute approximate surface area is 358 Å². The standard InChI is InChI=1S/C45H38N10O8/c1-59-40-34(19-47-44(50-40)61-3)36-18-33(31-16-29(31)24-7-11-26(12-8-24)43(58)60-2)39-49-27(21-55(39)53-36)22-63-41-35(20-48-45(51-41)62-4)37-17-32(38-46-13-14-54(38)52-37)30-15-28(30)23-5-9-25(10-6-23)42(56)57/h5-14,17-21,28-31H,15-16,22H2,1-4H3,(H,56,57)/t28-,29-,30+,31+/m1/s1. The van der Waals surface area contributed by atoms with Crippen molar-refractivity contribution in [2.75, 3.05) is 28.4 Å². The molecule has 8 aromatic rings. The Hall–Kier alpha value is -8.02. The van der Waals surface area contributed by atoms with Crippen LogP contribution in [0.2, 0.25) is 0 Å². The van der Waals surface area contributed by atoms with Crippen molar-refractivity contribution < 1.29 is 38.4 Å². The number of benzene rings is 2. The average Bonchev–Trinajstić information content (AvgIpc) is 4.21. The van der Waals surface area contributed by atoms with Crippen LogP contribution in [0.3, 0.4) is 0 Å². The van der Waals surface area contributed by atoms with E-state index < -0.39 is 5.97 Å². The van der Waals surface area contributed by atoms with Crippen LogP contribution in [-0.2, 0) is 11.3 Å². The normalized spacial score (nSPS) is 17.7. The number of rotatable bonds is 14. The van der Waals surface area contributed by atoms with E-state index in [1.165, 1.54) is 28.4 Å². The number of nitrogens with zero attached hydrogens (tertiary/aromatic N) is 10. The highest BCUT2D eigenvalue weighted by Gasteiger charge is 2.43. The molecule has 63 heavy (non-hydrogen) atoms. The number of carbonyl (C=O) groups is 2. The molecule has 2 saturated carbocycles. The molecule has 18 nitrogen and oxygen atoms in total. The minimum atomic E-state index is -0.960. The Morgan fingerprint density at radius 1 is 0.667 bits per heavy atom. The first-order chi connectivity index (χ1) is 30.7. The van der Waals surface area contributed by atoms with Crippen LogP contribution in [0.5, 0.6) is 23.8 Å². The van der Waals surface area contributed by atoms with E-state index in [4.69, 9.17) is 38.9 Å². The molecule has 0 saturated heterocycles. The fraction of sp³-hybridized carbons (Fsp3) is 0.244. The van der Waals surface area contributed by atoms with Gasteiger partial charge in [0.1, 0.15) is 6.61 Å². The second-order valence-corrected chi connectivity index (χ2v) is 15.2. The highest BCUT2D eigenvalue weighted by Crippen LogP contribution is 2.57. The molecular formula is C45H38N10O8. The number of imidazole rings is 2. The van der Waals surface area contributed by atoms with Gasteiger partial charge in [-0.2, -0.15) is 20.2 Å². The second kappa shape index (κ2) is 15.8. The molecule has 6 aromatic heterocycles. The lowest BCUT2D eigenvalue weighted by atomic mass is 10.0. The summed E-state index contributed by atoms with van der Waals surface area (Å²) in [6.07, 6.45) is 10.3. The van der Waals surface area contributed by atoms with Crippen molar-refractivity contribution in [3.8, 4) is 46.3 Å². The Morgan fingerprint density at radius 3 is 1.83 bits per heavy atom. The summed E-state index contributed by atoms with van der Waals surface area (Å²) in [4.78, 5) is 51.0. The molecular weight excluding hydrogens is 809 g/mol. The molecule has 2 aromatic carbocycles. The molecule has 0 radical (unpaired) electrons. The second-order valence-electron chi connectivity index (χ2n) is 15.2. The predicted molar refractivity (Wildman–Crippen MR) is 223 cm³/mol. The van der Waals surface area contributed by atoms with Gasteiger partial charge in [0.2, 0.25) is 11.8 Å². The van der Waals surface area contributed by atoms with Gasteiger partial charge in [0.25, 0.3) is 0 Å². The summed E-state index contributed by atoms with van der Waals surface area (Å²) < 4.78 is 31.1. The molecule has 2 fully saturated rings. The third-order valence-corrected chi connectivity index (χ3v) is 11.5. The SMILES string of the molecule is COC(=O)c1ccc([C@H]2C[C@@H]2c2cc(-c3cnc(OC)nc3OC)nn3cc(COc4nc(OC)ncc4-c4cc([C@H]5C[C@@H]5c5ccc(C(=O)O)cc5)c5nccn5n4)nc23)cc1. The number of esters is 1. The zero-order valence-electron chi connectivity index (χ0n) is 34.4. The van der Waals surface area contributed by atoms with Crippen molar-refractivity contribution >= 4 is 23.2 Å². The summed E-state index contributed by atoms with van der Waals surface area (Å²) in [5, 5.41) is 19.2. The lowest BCUT2D eigenvalue weighted by Crippen LogP contribution is -2.05. The number of aromatic nitrogens is 10. The maximum absolute atomic E-state index is 12.1. The van der Waals surface area contributed by atoms with Gasteiger partial charge in [0.05, 0.1) is 74.0 Å². The van der Waals surface area contributed by atoms with E-state index in [0.717, 1.165) is 40.7 Å². The molecule has 6 heterocycles. The van der Waals surface area contributed by atoms with Crippen LogP contribution in [0.25, 0.3) is 33.8 Å². The van der Waals surface area contributed by atoms with E-state index in [1.807, 2.05) is 42.6 Å². The maximum Gasteiger partial charge on any atom is 0.337 e. The van der Waals surface area contributed by atoms with E-state index in [-0.39, 0.29) is 59.7 Å². The fourth-order valence-electron chi connectivity index (χ4n) is 8.20. The van der Waals surface area contributed by atoms with Crippen LogP contribution in [0, 0.1) is 0 Å². The smallest absolute Gasteiger partial charge is 0.337 e. The number of carbonyl (C=O) groups excluding carboxylic acids is 1.